The summed E-state index contributed by atoms with van der Waals surface area (Å²) in [7, 11) is 1.57. The van der Waals surface area contributed by atoms with E-state index in [1.165, 1.54) is 17.5 Å². The van der Waals surface area contributed by atoms with Crippen LogP contribution in [0.1, 0.15) is 16.1 Å². The number of pyridine rings is 1. The predicted octanol–water partition coefficient (Wildman–Crippen LogP) is 6.69. The molecule has 0 spiro atoms. The Labute approximate surface area is 214 Å². The number of methoxy groups -OCH3 is 1. The molecule has 5 aromatic rings. The number of nitrogens with zero attached hydrogens (tertiary/aromatic N) is 4. The van der Waals surface area contributed by atoms with Gasteiger partial charge in [-0.25, -0.2) is 9.97 Å². The standard InChI is InChI=1S/C25H17Cl2N5O2S/c1-13-9-17(18-10-16(27)7-8-21(18)34-2)19(11-28-13)23(33)32-25-31-22-24(35-25)30-20(12-29-22)14-3-5-15(26)6-4-14/h3-12H,1-2H3,(H,29,31,32,33). The Morgan fingerprint density at radius 3 is 2.49 bits per heavy atom. The molecule has 174 valence electrons. The van der Waals surface area contributed by atoms with E-state index in [4.69, 9.17) is 27.9 Å². The minimum atomic E-state index is -0.369. The molecule has 7 nitrogen and oxygen atoms in total. The Hall–Kier alpha value is -3.59. The number of carbonyl (C=O) groups is 1. The van der Waals surface area contributed by atoms with Crippen LogP contribution in [0.25, 0.3) is 32.9 Å². The highest BCUT2D eigenvalue weighted by Gasteiger charge is 2.19. The summed E-state index contributed by atoms with van der Waals surface area (Å²) in [5.41, 5.74) is 4.47. The molecule has 0 unspecified atom stereocenters. The van der Waals surface area contributed by atoms with Gasteiger partial charge >= 0.3 is 0 Å². The lowest BCUT2D eigenvalue weighted by molar-refractivity contribution is 0.102. The van der Waals surface area contributed by atoms with Gasteiger partial charge in [-0.2, -0.15) is 4.98 Å². The largest absolute Gasteiger partial charge is 0.496 e. The first-order chi connectivity index (χ1) is 16.9. The molecule has 5 rings (SSSR count). The number of ether oxygens (including phenoxy) is 1. The van der Waals surface area contributed by atoms with E-state index in [1.807, 2.05) is 25.1 Å². The van der Waals surface area contributed by atoms with Gasteiger partial charge in [-0.05, 0) is 43.3 Å². The maximum Gasteiger partial charge on any atom is 0.259 e. The van der Waals surface area contributed by atoms with Gasteiger partial charge in [0.25, 0.3) is 5.91 Å². The number of rotatable bonds is 5. The summed E-state index contributed by atoms with van der Waals surface area (Å²) in [6.07, 6.45) is 3.17. The zero-order valence-electron chi connectivity index (χ0n) is 18.5. The lowest BCUT2D eigenvalue weighted by Gasteiger charge is -2.13. The highest BCUT2D eigenvalue weighted by atomic mass is 35.5. The number of aryl methyl sites for hydroxylation is 1. The molecule has 0 aliphatic carbocycles. The highest BCUT2D eigenvalue weighted by Crippen LogP contribution is 2.35. The number of thiazole rings is 1. The van der Waals surface area contributed by atoms with Gasteiger partial charge in [0.2, 0.25) is 0 Å². The maximum absolute atomic E-state index is 13.3. The quantitative estimate of drug-likeness (QED) is 0.277. The van der Waals surface area contributed by atoms with Crippen molar-refractivity contribution in [2.75, 3.05) is 12.4 Å². The fourth-order valence-corrected chi connectivity index (χ4v) is 4.64. The second kappa shape index (κ2) is 9.58. The van der Waals surface area contributed by atoms with E-state index < -0.39 is 0 Å². The van der Waals surface area contributed by atoms with Crippen molar-refractivity contribution in [3.05, 3.63) is 82.2 Å². The second-order valence-electron chi connectivity index (χ2n) is 7.58. The minimum Gasteiger partial charge on any atom is -0.496 e. The van der Waals surface area contributed by atoms with E-state index in [9.17, 15) is 4.79 Å². The van der Waals surface area contributed by atoms with Crippen LogP contribution in [0, 0.1) is 6.92 Å². The third kappa shape index (κ3) is 4.81. The number of benzene rings is 2. The highest BCUT2D eigenvalue weighted by molar-refractivity contribution is 7.21. The first-order valence-electron chi connectivity index (χ1n) is 10.4. The lowest BCUT2D eigenvalue weighted by Crippen LogP contribution is -2.14. The summed E-state index contributed by atoms with van der Waals surface area (Å²) in [6, 6.07) is 14.4. The Balaban J connectivity index is 1.48. The Kier molecular flexibility index (Phi) is 6.34. The first-order valence-corrected chi connectivity index (χ1v) is 12.0. The van der Waals surface area contributed by atoms with Crippen LogP contribution < -0.4 is 10.1 Å². The molecule has 0 aliphatic heterocycles. The van der Waals surface area contributed by atoms with Crippen molar-refractivity contribution in [3.8, 4) is 28.1 Å². The van der Waals surface area contributed by atoms with E-state index in [2.05, 4.69) is 25.3 Å². The van der Waals surface area contributed by atoms with Crippen molar-refractivity contribution in [1.82, 2.24) is 19.9 Å². The second-order valence-corrected chi connectivity index (χ2v) is 9.43. The van der Waals surface area contributed by atoms with E-state index in [0.29, 0.717) is 53.8 Å². The smallest absolute Gasteiger partial charge is 0.259 e. The number of hydrogen-bond acceptors (Lipinski definition) is 7. The van der Waals surface area contributed by atoms with Crippen LogP contribution in [-0.4, -0.2) is 33.0 Å². The van der Waals surface area contributed by atoms with Crippen molar-refractivity contribution >= 4 is 56.1 Å². The third-order valence-electron chi connectivity index (χ3n) is 5.22. The molecule has 1 N–H and O–H groups in total. The molecule has 1 amide bonds. The van der Waals surface area contributed by atoms with Crippen molar-refractivity contribution < 1.29 is 9.53 Å². The third-order valence-corrected chi connectivity index (χ3v) is 6.56. The van der Waals surface area contributed by atoms with Crippen LogP contribution in [0.15, 0.2) is 60.9 Å². The molecule has 0 saturated carbocycles. The fraction of sp³-hybridized carbons (Fsp3) is 0.0800. The van der Waals surface area contributed by atoms with E-state index >= 15 is 0 Å². The number of aromatic nitrogens is 4. The van der Waals surface area contributed by atoms with Gasteiger partial charge in [0.1, 0.15) is 5.75 Å². The molecule has 0 radical (unpaired) electrons. The molecule has 3 aromatic heterocycles. The van der Waals surface area contributed by atoms with E-state index in [1.54, 1.807) is 43.6 Å². The molecule has 10 heteroatoms. The van der Waals surface area contributed by atoms with Crippen LogP contribution in [0.3, 0.4) is 0 Å². The van der Waals surface area contributed by atoms with E-state index in [0.717, 1.165) is 11.3 Å². The number of carbonyl (C=O) groups excluding carboxylic acids is 1. The molecular formula is C25H17Cl2N5O2S. The number of fused-ring (bicyclic) bond motifs is 1. The average molecular weight is 522 g/mol. The molecule has 0 aliphatic rings. The number of halogens is 2. The van der Waals surface area contributed by atoms with Gasteiger partial charge < -0.3 is 4.74 Å². The number of anilines is 1. The summed E-state index contributed by atoms with van der Waals surface area (Å²) in [5, 5.41) is 4.40. The Morgan fingerprint density at radius 1 is 0.943 bits per heavy atom. The van der Waals surface area contributed by atoms with Crippen LogP contribution >= 0.6 is 34.5 Å². The van der Waals surface area contributed by atoms with Crippen molar-refractivity contribution in [2.24, 2.45) is 0 Å². The normalized spacial score (nSPS) is 11.0. The molecule has 0 atom stereocenters. The first kappa shape index (κ1) is 23.2. The van der Waals surface area contributed by atoms with Gasteiger partial charge in [-0.3, -0.25) is 15.1 Å². The molecule has 3 heterocycles. The Morgan fingerprint density at radius 2 is 1.71 bits per heavy atom. The fourth-order valence-electron chi connectivity index (χ4n) is 3.55. The zero-order valence-corrected chi connectivity index (χ0v) is 20.9. The van der Waals surface area contributed by atoms with Gasteiger partial charge in [-0.1, -0.05) is 46.7 Å². The number of nitrogens with one attached hydrogen (secondary N) is 1. The minimum absolute atomic E-state index is 0.359. The number of amides is 1. The van der Waals surface area contributed by atoms with Gasteiger partial charge in [-0.15, -0.1) is 0 Å². The molecule has 2 aromatic carbocycles. The molecule has 0 bridgehead atoms. The van der Waals surface area contributed by atoms with Crippen LogP contribution in [0.4, 0.5) is 5.13 Å². The van der Waals surface area contributed by atoms with Gasteiger partial charge in [0.15, 0.2) is 15.6 Å². The summed E-state index contributed by atoms with van der Waals surface area (Å²) in [6.45, 7) is 1.85. The molecule has 0 saturated heterocycles. The summed E-state index contributed by atoms with van der Waals surface area (Å²) in [5.74, 6) is 0.226. The van der Waals surface area contributed by atoms with Crippen molar-refractivity contribution in [1.29, 1.82) is 0 Å². The van der Waals surface area contributed by atoms with Crippen LogP contribution in [0.2, 0.25) is 10.0 Å². The van der Waals surface area contributed by atoms with Crippen LogP contribution in [-0.2, 0) is 0 Å². The van der Waals surface area contributed by atoms with Gasteiger partial charge in [0, 0.05) is 38.6 Å². The molecule has 0 fully saturated rings. The maximum atomic E-state index is 13.3. The summed E-state index contributed by atoms with van der Waals surface area (Å²) >= 11 is 13.5. The van der Waals surface area contributed by atoms with Crippen molar-refractivity contribution in [2.45, 2.75) is 6.92 Å². The van der Waals surface area contributed by atoms with Gasteiger partial charge in [0.05, 0.1) is 24.6 Å². The van der Waals surface area contributed by atoms with E-state index in [-0.39, 0.29) is 5.91 Å². The van der Waals surface area contributed by atoms with Crippen LogP contribution in [0.5, 0.6) is 5.75 Å². The predicted molar refractivity (Wildman–Crippen MR) is 140 cm³/mol. The zero-order chi connectivity index (χ0) is 24.5. The average Bonchev–Trinajstić information content (AvgIpc) is 3.25. The Bertz CT molecular complexity index is 1570. The van der Waals surface area contributed by atoms with Crippen molar-refractivity contribution in [3.63, 3.8) is 0 Å². The molecular weight excluding hydrogens is 505 g/mol. The summed E-state index contributed by atoms with van der Waals surface area (Å²) < 4.78 is 5.50. The molecule has 35 heavy (non-hydrogen) atoms. The SMILES string of the molecule is COc1ccc(Cl)cc1-c1cc(C)ncc1C(=O)Nc1nc2ncc(-c3ccc(Cl)cc3)nc2s1. The monoisotopic (exact) mass is 521 g/mol. The number of hydrogen-bond donors (Lipinski definition) is 1. The topological polar surface area (TPSA) is 89.9 Å². The lowest BCUT2D eigenvalue weighted by atomic mass is 9.99. The summed E-state index contributed by atoms with van der Waals surface area (Å²) in [4.78, 5) is 31.7.